The van der Waals surface area contributed by atoms with Crippen LogP contribution < -0.4 is 9.47 Å². The highest BCUT2D eigenvalue weighted by Crippen LogP contribution is 2.33. The van der Waals surface area contributed by atoms with Gasteiger partial charge in [-0.1, -0.05) is 30.3 Å². The van der Waals surface area contributed by atoms with Gasteiger partial charge in [-0.25, -0.2) is 0 Å². The largest absolute Gasteiger partial charge is 0.464 e. The fraction of sp³-hybridized carbons (Fsp3) is 0.333. The van der Waals surface area contributed by atoms with E-state index in [1.807, 2.05) is 70.2 Å². The molecule has 0 spiro atoms. The minimum absolute atomic E-state index is 0.0662. The zero-order valence-electron chi connectivity index (χ0n) is 20.0. The van der Waals surface area contributed by atoms with E-state index < -0.39 is 5.54 Å². The zero-order valence-corrected chi connectivity index (χ0v) is 20.0. The molecular weight excluding hydrogens is 432 g/mol. The number of ether oxygens (including phenoxy) is 2. The van der Waals surface area contributed by atoms with Gasteiger partial charge in [0.25, 0.3) is 5.91 Å². The molecule has 0 aliphatic carbocycles. The normalized spacial score (nSPS) is 12.5. The van der Waals surface area contributed by atoms with Gasteiger partial charge in [0, 0.05) is 17.6 Å². The Bertz CT molecular complexity index is 1160. The molecule has 2 aromatic carbocycles. The average molecular weight is 463 g/mol. The molecule has 2 amide bonds. The molecule has 1 aliphatic heterocycles. The van der Waals surface area contributed by atoms with Crippen molar-refractivity contribution in [2.75, 3.05) is 13.3 Å². The number of furan rings is 1. The SMILES string of the molecule is Cc1ccc(CN(Cc2ccccc2)C(=O)CN(C(=O)c2ccc3c(c2)OCO3)C(C)(C)C)o1. The summed E-state index contributed by atoms with van der Waals surface area (Å²) in [7, 11) is 0. The second-order valence-corrected chi connectivity index (χ2v) is 9.38. The van der Waals surface area contributed by atoms with Gasteiger partial charge in [0.2, 0.25) is 12.7 Å². The predicted molar refractivity (Wildman–Crippen MR) is 127 cm³/mol. The number of nitrogens with zero attached hydrogens (tertiary/aromatic N) is 2. The van der Waals surface area contributed by atoms with Crippen molar-refractivity contribution in [2.24, 2.45) is 0 Å². The van der Waals surface area contributed by atoms with E-state index in [1.54, 1.807) is 28.0 Å². The second-order valence-electron chi connectivity index (χ2n) is 9.38. The van der Waals surface area contributed by atoms with Crippen LogP contribution in [0.2, 0.25) is 0 Å². The second kappa shape index (κ2) is 9.63. The van der Waals surface area contributed by atoms with Crippen molar-refractivity contribution in [1.82, 2.24) is 9.80 Å². The molecule has 0 radical (unpaired) electrons. The first-order valence-electron chi connectivity index (χ1n) is 11.3. The number of aryl methyl sites for hydroxylation is 1. The van der Waals surface area contributed by atoms with Crippen molar-refractivity contribution in [1.29, 1.82) is 0 Å². The summed E-state index contributed by atoms with van der Waals surface area (Å²) in [6.07, 6.45) is 0. The molecule has 0 saturated carbocycles. The van der Waals surface area contributed by atoms with Gasteiger partial charge in [0.1, 0.15) is 18.1 Å². The molecule has 4 rings (SSSR count). The van der Waals surface area contributed by atoms with E-state index in [1.165, 1.54) is 0 Å². The van der Waals surface area contributed by atoms with Crippen molar-refractivity contribution in [3.05, 3.63) is 83.3 Å². The van der Waals surface area contributed by atoms with Crippen LogP contribution in [0.3, 0.4) is 0 Å². The molecule has 0 atom stereocenters. The van der Waals surface area contributed by atoms with Crippen LogP contribution in [0.5, 0.6) is 11.5 Å². The topological polar surface area (TPSA) is 72.2 Å². The lowest BCUT2D eigenvalue weighted by Crippen LogP contribution is -2.51. The maximum Gasteiger partial charge on any atom is 0.254 e. The van der Waals surface area contributed by atoms with Crippen LogP contribution in [0.15, 0.2) is 65.1 Å². The van der Waals surface area contributed by atoms with E-state index in [-0.39, 0.29) is 25.2 Å². The molecule has 7 nitrogen and oxygen atoms in total. The summed E-state index contributed by atoms with van der Waals surface area (Å²) in [5.41, 5.74) is 0.870. The van der Waals surface area contributed by atoms with Gasteiger partial charge >= 0.3 is 0 Å². The predicted octanol–water partition coefficient (Wildman–Crippen LogP) is 4.79. The Morgan fingerprint density at radius 1 is 0.912 bits per heavy atom. The van der Waals surface area contributed by atoms with Crippen LogP contribution >= 0.6 is 0 Å². The fourth-order valence-electron chi connectivity index (χ4n) is 3.83. The number of fused-ring (bicyclic) bond motifs is 1. The minimum atomic E-state index is -0.581. The van der Waals surface area contributed by atoms with E-state index in [4.69, 9.17) is 13.9 Å². The van der Waals surface area contributed by atoms with Gasteiger partial charge in [0.05, 0.1) is 6.54 Å². The highest BCUT2D eigenvalue weighted by molar-refractivity contribution is 5.97. The van der Waals surface area contributed by atoms with E-state index in [0.29, 0.717) is 35.9 Å². The monoisotopic (exact) mass is 462 g/mol. The third-order valence-corrected chi connectivity index (χ3v) is 5.68. The van der Waals surface area contributed by atoms with E-state index >= 15 is 0 Å². The Balaban J connectivity index is 1.57. The number of amides is 2. The molecule has 0 saturated heterocycles. The Kier molecular flexibility index (Phi) is 6.63. The van der Waals surface area contributed by atoms with E-state index in [2.05, 4.69) is 0 Å². The Morgan fingerprint density at radius 2 is 1.65 bits per heavy atom. The first-order chi connectivity index (χ1) is 16.2. The van der Waals surface area contributed by atoms with Gasteiger partial charge in [-0.3, -0.25) is 9.59 Å². The van der Waals surface area contributed by atoms with E-state index in [0.717, 1.165) is 11.3 Å². The smallest absolute Gasteiger partial charge is 0.254 e. The molecule has 7 heteroatoms. The fourth-order valence-corrected chi connectivity index (χ4v) is 3.83. The molecule has 0 fully saturated rings. The molecule has 2 heterocycles. The lowest BCUT2D eigenvalue weighted by Gasteiger charge is -2.36. The maximum atomic E-state index is 13.6. The third-order valence-electron chi connectivity index (χ3n) is 5.68. The van der Waals surface area contributed by atoms with Crippen molar-refractivity contribution in [3.8, 4) is 11.5 Å². The van der Waals surface area contributed by atoms with Gasteiger partial charge in [-0.15, -0.1) is 0 Å². The molecule has 1 aliphatic rings. The summed E-state index contributed by atoms with van der Waals surface area (Å²) < 4.78 is 16.5. The van der Waals surface area contributed by atoms with Gasteiger partial charge in [-0.05, 0) is 63.6 Å². The highest BCUT2D eigenvalue weighted by atomic mass is 16.7. The van der Waals surface area contributed by atoms with Gasteiger partial charge < -0.3 is 23.7 Å². The van der Waals surface area contributed by atoms with Crippen molar-refractivity contribution in [3.63, 3.8) is 0 Å². The number of hydrogen-bond acceptors (Lipinski definition) is 5. The zero-order chi connectivity index (χ0) is 24.3. The Labute approximate surface area is 199 Å². The Hall–Kier alpha value is -3.74. The number of carbonyl (C=O) groups is 2. The number of rotatable bonds is 7. The van der Waals surface area contributed by atoms with Crippen molar-refractivity contribution < 1.29 is 23.5 Å². The summed E-state index contributed by atoms with van der Waals surface area (Å²) in [6, 6.07) is 18.6. The lowest BCUT2D eigenvalue weighted by molar-refractivity contribution is -0.134. The van der Waals surface area contributed by atoms with E-state index in [9.17, 15) is 9.59 Å². The van der Waals surface area contributed by atoms with Crippen LogP contribution in [0, 0.1) is 6.92 Å². The summed E-state index contributed by atoms with van der Waals surface area (Å²) in [6.45, 7) is 8.43. The summed E-state index contributed by atoms with van der Waals surface area (Å²) in [4.78, 5) is 30.4. The molecule has 3 aromatic rings. The third kappa shape index (κ3) is 5.42. The van der Waals surface area contributed by atoms with Crippen molar-refractivity contribution >= 4 is 11.8 Å². The maximum absolute atomic E-state index is 13.6. The number of hydrogen-bond donors (Lipinski definition) is 0. The molecule has 0 N–H and O–H groups in total. The average Bonchev–Trinajstić information content (AvgIpc) is 3.44. The summed E-state index contributed by atoms with van der Waals surface area (Å²) in [5, 5.41) is 0. The van der Waals surface area contributed by atoms with Crippen LogP contribution in [-0.2, 0) is 17.9 Å². The van der Waals surface area contributed by atoms with Crippen molar-refractivity contribution in [2.45, 2.75) is 46.3 Å². The molecule has 34 heavy (non-hydrogen) atoms. The Morgan fingerprint density at radius 3 is 2.32 bits per heavy atom. The van der Waals surface area contributed by atoms with Crippen LogP contribution in [-0.4, -0.2) is 40.5 Å². The molecular formula is C27H30N2O5. The first kappa shape index (κ1) is 23.4. The van der Waals surface area contributed by atoms with Gasteiger partial charge in [0.15, 0.2) is 11.5 Å². The molecule has 178 valence electrons. The number of carbonyl (C=O) groups excluding carboxylic acids is 2. The van der Waals surface area contributed by atoms with Gasteiger partial charge in [-0.2, -0.15) is 0 Å². The molecule has 1 aromatic heterocycles. The summed E-state index contributed by atoms with van der Waals surface area (Å²) >= 11 is 0. The quantitative estimate of drug-likeness (QED) is 0.505. The molecule has 0 unspecified atom stereocenters. The minimum Gasteiger partial charge on any atom is -0.464 e. The van der Waals surface area contributed by atoms with Crippen LogP contribution in [0.1, 0.15) is 48.2 Å². The highest BCUT2D eigenvalue weighted by Gasteiger charge is 2.32. The molecule has 0 bridgehead atoms. The number of benzene rings is 2. The van der Waals surface area contributed by atoms with Crippen LogP contribution in [0.4, 0.5) is 0 Å². The van der Waals surface area contributed by atoms with Crippen LogP contribution in [0.25, 0.3) is 0 Å². The summed E-state index contributed by atoms with van der Waals surface area (Å²) in [5.74, 6) is 2.22. The standard InChI is InChI=1S/C27H30N2O5/c1-19-10-12-22(34-19)16-28(15-20-8-6-5-7-9-20)25(30)17-29(27(2,3)4)26(31)21-11-13-23-24(14-21)33-18-32-23/h5-14H,15-18H2,1-4H3. The first-order valence-corrected chi connectivity index (χ1v) is 11.3. The lowest BCUT2D eigenvalue weighted by atomic mass is 10.0.